The molecule has 0 N–H and O–H groups in total. The predicted molar refractivity (Wildman–Crippen MR) is 277 cm³/mol. The first-order valence-corrected chi connectivity index (χ1v) is 24.8. The average molecular weight is 849 g/mol. The maximum Gasteiger partial charge on any atom is 0.181 e. The molecule has 0 aliphatic heterocycles. The van der Waals surface area contributed by atoms with Crippen LogP contribution < -0.4 is 20.7 Å². The SMILES string of the molecule is c1ccc(-c2ccccc2-n2c3ccccc3c3ccc(-n4c5ccccc5c5c([Si](c6ccccc6)(c6ccccc6)c6cccc7c6sc6ccccc67)cccc54)cc32)cc1. The lowest BCUT2D eigenvalue weighted by Crippen LogP contribution is -2.75. The highest BCUT2D eigenvalue weighted by atomic mass is 32.1. The van der Waals surface area contributed by atoms with Gasteiger partial charge in [-0.1, -0.05) is 200 Å². The molecule has 64 heavy (non-hydrogen) atoms. The molecule has 0 amide bonds. The topological polar surface area (TPSA) is 9.86 Å². The van der Waals surface area contributed by atoms with Gasteiger partial charge in [-0.25, -0.2) is 0 Å². The zero-order valence-corrected chi connectivity index (χ0v) is 36.7. The summed E-state index contributed by atoms with van der Waals surface area (Å²) in [6.07, 6.45) is 0. The molecule has 0 saturated carbocycles. The highest BCUT2D eigenvalue weighted by molar-refractivity contribution is 7.31. The second-order valence-corrected chi connectivity index (χ2v) is 21.5. The number of para-hydroxylation sites is 3. The van der Waals surface area contributed by atoms with Crippen LogP contribution in [0, 0.1) is 0 Å². The lowest BCUT2D eigenvalue weighted by molar-refractivity contribution is 1.16. The van der Waals surface area contributed by atoms with Crippen LogP contribution in [-0.2, 0) is 0 Å². The minimum absolute atomic E-state index is 1.13. The largest absolute Gasteiger partial charge is 0.309 e. The maximum atomic E-state index is 2.52. The Hall–Kier alpha value is -7.76. The van der Waals surface area contributed by atoms with E-state index in [-0.39, 0.29) is 0 Å². The van der Waals surface area contributed by atoms with E-state index in [1.54, 1.807) is 0 Å². The second-order valence-electron chi connectivity index (χ2n) is 16.8. The van der Waals surface area contributed by atoms with Gasteiger partial charge in [0.05, 0.1) is 27.8 Å². The smallest absolute Gasteiger partial charge is 0.181 e. The van der Waals surface area contributed by atoms with E-state index in [0.29, 0.717) is 0 Å². The summed E-state index contributed by atoms with van der Waals surface area (Å²) in [6.45, 7) is 0. The number of nitrogens with zero attached hydrogens (tertiary/aromatic N) is 2. The van der Waals surface area contributed by atoms with E-state index in [2.05, 4.69) is 252 Å². The first-order valence-electron chi connectivity index (χ1n) is 22.0. The fourth-order valence-corrected chi connectivity index (χ4v) is 17.6. The number of hydrogen-bond donors (Lipinski definition) is 0. The summed E-state index contributed by atoms with van der Waals surface area (Å²) in [5.74, 6) is 0. The van der Waals surface area contributed by atoms with E-state index in [0.717, 1.165) is 5.69 Å². The van der Waals surface area contributed by atoms with Crippen LogP contribution in [0.15, 0.2) is 243 Å². The van der Waals surface area contributed by atoms with Gasteiger partial charge in [0.25, 0.3) is 0 Å². The van der Waals surface area contributed by atoms with Gasteiger partial charge >= 0.3 is 0 Å². The van der Waals surface area contributed by atoms with E-state index in [4.69, 9.17) is 0 Å². The third kappa shape index (κ3) is 5.37. The van der Waals surface area contributed by atoms with Crippen molar-refractivity contribution in [3.05, 3.63) is 243 Å². The highest BCUT2D eigenvalue weighted by Crippen LogP contribution is 2.40. The molecule has 0 radical (unpaired) electrons. The lowest BCUT2D eigenvalue weighted by atomic mass is 10.0. The molecule has 0 aliphatic carbocycles. The second kappa shape index (κ2) is 14.7. The van der Waals surface area contributed by atoms with Gasteiger partial charge in [0.1, 0.15) is 0 Å². The molecule has 0 aliphatic rings. The molecule has 13 rings (SSSR count). The molecule has 300 valence electrons. The maximum absolute atomic E-state index is 3.06. The number of thiophene rings is 1. The molecular formula is C60H40N2SSi. The first kappa shape index (κ1) is 36.9. The van der Waals surface area contributed by atoms with Crippen LogP contribution in [0.25, 0.3) is 86.3 Å². The van der Waals surface area contributed by atoms with E-state index in [9.17, 15) is 0 Å². The van der Waals surface area contributed by atoms with E-state index >= 15 is 0 Å². The monoisotopic (exact) mass is 848 g/mol. The van der Waals surface area contributed by atoms with Crippen LogP contribution in [0.5, 0.6) is 0 Å². The summed E-state index contributed by atoms with van der Waals surface area (Å²) in [5, 5.41) is 13.3. The summed E-state index contributed by atoms with van der Waals surface area (Å²) < 4.78 is 7.69. The van der Waals surface area contributed by atoms with E-state index in [1.807, 2.05) is 11.3 Å². The van der Waals surface area contributed by atoms with Crippen molar-refractivity contribution in [1.29, 1.82) is 0 Å². The molecule has 3 aromatic heterocycles. The van der Waals surface area contributed by atoms with Crippen molar-refractivity contribution < 1.29 is 0 Å². The third-order valence-electron chi connectivity index (χ3n) is 13.5. The first-order chi connectivity index (χ1) is 31.8. The lowest BCUT2D eigenvalue weighted by Gasteiger charge is -2.35. The van der Waals surface area contributed by atoms with Crippen molar-refractivity contribution in [3.8, 4) is 22.5 Å². The van der Waals surface area contributed by atoms with Crippen LogP contribution in [0.2, 0.25) is 0 Å². The number of benzene rings is 10. The molecule has 2 nitrogen and oxygen atoms in total. The molecule has 13 aromatic rings. The summed E-state index contributed by atoms with van der Waals surface area (Å²) in [5.41, 5.74) is 9.48. The summed E-state index contributed by atoms with van der Waals surface area (Å²) in [7, 11) is -3.06. The van der Waals surface area contributed by atoms with Gasteiger partial charge in [-0.3, -0.25) is 0 Å². The van der Waals surface area contributed by atoms with Crippen molar-refractivity contribution in [2.24, 2.45) is 0 Å². The average Bonchev–Trinajstić information content (AvgIpc) is 4.03. The van der Waals surface area contributed by atoms with Crippen LogP contribution in [0.3, 0.4) is 0 Å². The molecule has 0 atom stereocenters. The zero-order chi connectivity index (χ0) is 42.2. The summed E-state index contributed by atoms with van der Waals surface area (Å²) in [4.78, 5) is 0. The number of aromatic nitrogens is 2. The zero-order valence-electron chi connectivity index (χ0n) is 34.9. The number of hydrogen-bond acceptors (Lipinski definition) is 1. The number of rotatable bonds is 7. The van der Waals surface area contributed by atoms with Crippen LogP contribution >= 0.6 is 11.3 Å². The van der Waals surface area contributed by atoms with Gasteiger partial charge in [-0.05, 0) is 68.8 Å². The standard InChI is InChI=1S/C60H40N2SSi/c1-4-20-41(21-5-1)45-26-10-14-31-51(45)62-52-32-15-11-27-46(52)47-39-38-42(40-55(47)62)61-53-33-16-12-29-50(53)59-54(61)34-19-36-57(59)64(43-22-6-2-7-23-43,44-24-8-3-9-25-44)58-37-18-30-49-48-28-13-17-35-56(48)63-60(49)58/h1-40H. The fourth-order valence-electron chi connectivity index (χ4n) is 10.9. The molecule has 0 saturated heterocycles. The van der Waals surface area contributed by atoms with Crippen molar-refractivity contribution in [2.75, 3.05) is 0 Å². The van der Waals surface area contributed by atoms with Crippen LogP contribution in [0.4, 0.5) is 0 Å². The molecule has 0 bridgehead atoms. The van der Waals surface area contributed by atoms with Gasteiger partial charge in [-0.2, -0.15) is 0 Å². The van der Waals surface area contributed by atoms with Gasteiger partial charge in [0.15, 0.2) is 8.07 Å². The predicted octanol–water partition coefficient (Wildman–Crippen LogP) is 13.3. The van der Waals surface area contributed by atoms with E-state index < -0.39 is 8.07 Å². The van der Waals surface area contributed by atoms with Crippen molar-refractivity contribution in [2.45, 2.75) is 0 Å². The normalized spacial score (nSPS) is 12.1. The minimum Gasteiger partial charge on any atom is -0.309 e. The van der Waals surface area contributed by atoms with Gasteiger partial charge < -0.3 is 9.13 Å². The Morgan fingerprint density at radius 3 is 1.66 bits per heavy atom. The Kier molecular flexibility index (Phi) is 8.45. The third-order valence-corrected chi connectivity index (χ3v) is 19.7. The van der Waals surface area contributed by atoms with Crippen LogP contribution in [0.1, 0.15) is 0 Å². The molecule has 10 aromatic carbocycles. The van der Waals surface area contributed by atoms with Crippen molar-refractivity contribution in [3.63, 3.8) is 0 Å². The van der Waals surface area contributed by atoms with Crippen molar-refractivity contribution >= 4 is 104 Å². The summed E-state index contributed by atoms with van der Waals surface area (Å²) in [6, 6.07) is 90.5. The Morgan fingerprint density at radius 2 is 0.891 bits per heavy atom. The molecule has 0 spiro atoms. The minimum atomic E-state index is -3.06. The van der Waals surface area contributed by atoms with Gasteiger partial charge in [0, 0.05) is 53.0 Å². The van der Waals surface area contributed by atoms with E-state index in [1.165, 1.54) is 101 Å². The molecule has 0 fully saturated rings. The van der Waals surface area contributed by atoms with Crippen molar-refractivity contribution in [1.82, 2.24) is 9.13 Å². The Labute approximate surface area is 376 Å². The van der Waals surface area contributed by atoms with Gasteiger partial charge in [-0.15, -0.1) is 11.3 Å². The Balaban J connectivity index is 1.14. The van der Waals surface area contributed by atoms with Crippen LogP contribution in [-0.4, -0.2) is 17.2 Å². The fraction of sp³-hybridized carbons (Fsp3) is 0. The molecular weight excluding hydrogens is 809 g/mol. The molecule has 4 heteroatoms. The molecule has 3 heterocycles. The van der Waals surface area contributed by atoms with Gasteiger partial charge in [0.2, 0.25) is 0 Å². The number of fused-ring (bicyclic) bond motifs is 9. The molecule has 0 unspecified atom stereocenters. The summed E-state index contributed by atoms with van der Waals surface area (Å²) >= 11 is 1.94. The highest BCUT2D eigenvalue weighted by Gasteiger charge is 2.44. The Bertz CT molecular complexity index is 3860. The quantitative estimate of drug-likeness (QED) is 0.112. The Morgan fingerprint density at radius 1 is 0.344 bits per heavy atom.